The third-order valence-corrected chi connectivity index (χ3v) is 5.00. The van der Waals surface area contributed by atoms with Crippen molar-refractivity contribution >= 4 is 0 Å². The van der Waals surface area contributed by atoms with Crippen LogP contribution in [0.4, 0.5) is 0 Å². The first kappa shape index (κ1) is 14.8. The van der Waals surface area contributed by atoms with Crippen LogP contribution in [0.5, 0.6) is 0 Å². The van der Waals surface area contributed by atoms with Crippen LogP contribution in [0.3, 0.4) is 0 Å². The average Bonchev–Trinajstić information content (AvgIpc) is 2.14. The lowest BCUT2D eigenvalue weighted by molar-refractivity contribution is 0.163. The third kappa shape index (κ3) is 2.95. The molecule has 0 saturated heterocycles. The smallest absolute Gasteiger partial charge is 0.00933 e. The summed E-state index contributed by atoms with van der Waals surface area (Å²) in [5.74, 6) is 0. The van der Waals surface area contributed by atoms with Gasteiger partial charge in [-0.15, -0.1) is 0 Å². The van der Waals surface area contributed by atoms with E-state index in [1.165, 1.54) is 25.7 Å². The van der Waals surface area contributed by atoms with E-state index in [1.807, 2.05) is 0 Å². The molecule has 100 valence electrons. The topological polar surface area (TPSA) is 0 Å². The van der Waals surface area contributed by atoms with Gasteiger partial charge in [-0.05, 0) is 41.9 Å². The predicted octanol–water partition coefficient (Wildman–Crippen LogP) is 5.98. The third-order valence-electron chi connectivity index (χ3n) is 5.00. The second kappa shape index (κ2) is 4.44. The van der Waals surface area contributed by atoms with Crippen LogP contribution in [0.2, 0.25) is 0 Å². The summed E-state index contributed by atoms with van der Waals surface area (Å²) in [7, 11) is 0. The highest BCUT2D eigenvalue weighted by Gasteiger charge is 2.39. The Balaban J connectivity index is 3.28. The van der Waals surface area contributed by atoms with Gasteiger partial charge in [0, 0.05) is 0 Å². The molecule has 0 heterocycles. The summed E-state index contributed by atoms with van der Waals surface area (Å²) >= 11 is 0. The summed E-state index contributed by atoms with van der Waals surface area (Å²) in [6.45, 7) is 19.2. The molecule has 0 heteroatoms. The predicted molar refractivity (Wildman–Crippen MR) is 78.2 cm³/mol. The van der Waals surface area contributed by atoms with Gasteiger partial charge in [0.25, 0.3) is 0 Å². The van der Waals surface area contributed by atoms with Gasteiger partial charge < -0.3 is 0 Å². The molecule has 17 heavy (non-hydrogen) atoms. The fourth-order valence-corrected chi connectivity index (χ4v) is 2.88. The van der Waals surface area contributed by atoms with E-state index in [0.717, 1.165) is 0 Å². The van der Waals surface area contributed by atoms with E-state index in [4.69, 9.17) is 0 Å². The molecule has 0 aromatic carbocycles. The first-order chi connectivity index (χ1) is 7.48. The Morgan fingerprint density at radius 3 is 1.41 bits per heavy atom. The van der Waals surface area contributed by atoms with Gasteiger partial charge in [0.1, 0.15) is 0 Å². The maximum absolute atomic E-state index is 2.44. The van der Waals surface area contributed by atoms with Crippen molar-refractivity contribution in [3.63, 3.8) is 0 Å². The highest BCUT2D eigenvalue weighted by molar-refractivity contribution is 5.29. The van der Waals surface area contributed by atoms with Gasteiger partial charge in [0.15, 0.2) is 0 Å². The van der Waals surface area contributed by atoms with Crippen LogP contribution in [0.25, 0.3) is 0 Å². The summed E-state index contributed by atoms with van der Waals surface area (Å²) in [4.78, 5) is 0. The standard InChI is InChI=1S/C17H32/c1-15(2,3)13-11-9-10-12-14(13)17(7,8)16(4,5)6/h9-12H2,1-8H3. The Kier molecular flexibility index (Phi) is 3.87. The number of hydrogen-bond donors (Lipinski definition) is 0. The Hall–Kier alpha value is -0.260. The molecule has 0 saturated carbocycles. The molecule has 1 rings (SSSR count). The van der Waals surface area contributed by atoms with Gasteiger partial charge in [0.05, 0.1) is 0 Å². The molecule has 0 aliphatic heterocycles. The molecule has 1 aliphatic rings. The lowest BCUT2D eigenvalue weighted by atomic mass is 9.59. The Labute approximate surface area is 109 Å². The fourth-order valence-electron chi connectivity index (χ4n) is 2.88. The first-order valence-electron chi connectivity index (χ1n) is 7.21. The monoisotopic (exact) mass is 236 g/mol. The number of hydrogen-bond acceptors (Lipinski definition) is 0. The number of allylic oxidation sites excluding steroid dienone is 2. The van der Waals surface area contributed by atoms with E-state index in [2.05, 4.69) is 55.4 Å². The van der Waals surface area contributed by atoms with Crippen LogP contribution in [0.1, 0.15) is 81.1 Å². The molecule has 0 aromatic heterocycles. The molecule has 0 atom stereocenters. The quantitative estimate of drug-likeness (QED) is 0.492. The zero-order valence-electron chi connectivity index (χ0n) is 13.3. The zero-order chi connectivity index (χ0) is 13.5. The molecule has 0 fully saturated rings. The molecule has 0 nitrogen and oxygen atoms in total. The van der Waals surface area contributed by atoms with Crippen molar-refractivity contribution < 1.29 is 0 Å². The van der Waals surface area contributed by atoms with Crippen molar-refractivity contribution in [1.29, 1.82) is 0 Å². The molecule has 1 aliphatic carbocycles. The Bertz CT molecular complexity index is 302. The molecule has 0 radical (unpaired) electrons. The van der Waals surface area contributed by atoms with Crippen LogP contribution < -0.4 is 0 Å². The van der Waals surface area contributed by atoms with E-state index >= 15 is 0 Å². The maximum Gasteiger partial charge on any atom is -0.00933 e. The van der Waals surface area contributed by atoms with Crippen molar-refractivity contribution in [1.82, 2.24) is 0 Å². The van der Waals surface area contributed by atoms with E-state index < -0.39 is 0 Å². The highest BCUT2D eigenvalue weighted by atomic mass is 14.4. The van der Waals surface area contributed by atoms with Gasteiger partial charge in [0.2, 0.25) is 0 Å². The molecular weight excluding hydrogens is 204 g/mol. The maximum atomic E-state index is 2.44. The summed E-state index contributed by atoms with van der Waals surface area (Å²) in [5, 5.41) is 0. The van der Waals surface area contributed by atoms with E-state index in [1.54, 1.807) is 11.1 Å². The molecule has 0 bridgehead atoms. The van der Waals surface area contributed by atoms with Crippen molar-refractivity contribution in [3.05, 3.63) is 11.1 Å². The normalized spacial score (nSPS) is 19.8. The van der Waals surface area contributed by atoms with Gasteiger partial charge in [-0.3, -0.25) is 0 Å². The largest absolute Gasteiger partial charge is 0.0651 e. The summed E-state index contributed by atoms with van der Waals surface area (Å²) < 4.78 is 0. The summed E-state index contributed by atoms with van der Waals surface area (Å²) in [6.07, 6.45) is 5.40. The van der Waals surface area contributed by atoms with E-state index in [-0.39, 0.29) is 0 Å². The van der Waals surface area contributed by atoms with Crippen LogP contribution in [-0.4, -0.2) is 0 Å². The first-order valence-corrected chi connectivity index (χ1v) is 7.21. The Morgan fingerprint density at radius 2 is 1.06 bits per heavy atom. The van der Waals surface area contributed by atoms with Gasteiger partial charge >= 0.3 is 0 Å². The fraction of sp³-hybridized carbons (Fsp3) is 0.882. The summed E-state index contributed by atoms with van der Waals surface area (Å²) in [6, 6.07) is 0. The van der Waals surface area contributed by atoms with Crippen molar-refractivity contribution in [2.45, 2.75) is 81.1 Å². The lowest BCUT2D eigenvalue weighted by Crippen LogP contribution is -2.35. The molecule has 0 amide bonds. The van der Waals surface area contributed by atoms with Crippen molar-refractivity contribution in [2.24, 2.45) is 16.2 Å². The molecular formula is C17H32. The minimum absolute atomic E-state index is 0.316. The number of rotatable bonds is 1. The molecule has 0 aromatic rings. The van der Waals surface area contributed by atoms with Crippen LogP contribution in [-0.2, 0) is 0 Å². The molecule has 0 unspecified atom stereocenters. The zero-order valence-corrected chi connectivity index (χ0v) is 13.3. The highest BCUT2D eigenvalue weighted by Crippen LogP contribution is 2.51. The van der Waals surface area contributed by atoms with E-state index in [9.17, 15) is 0 Å². The summed E-state index contributed by atoms with van der Waals surface area (Å²) in [5.41, 5.74) is 4.50. The molecule has 0 spiro atoms. The minimum atomic E-state index is 0.316. The van der Waals surface area contributed by atoms with E-state index in [0.29, 0.717) is 16.2 Å². The van der Waals surface area contributed by atoms with Crippen LogP contribution in [0.15, 0.2) is 11.1 Å². The van der Waals surface area contributed by atoms with Crippen molar-refractivity contribution in [2.75, 3.05) is 0 Å². The second-order valence-electron chi connectivity index (χ2n) is 8.29. The minimum Gasteiger partial charge on any atom is -0.0651 e. The lowest BCUT2D eigenvalue weighted by Gasteiger charge is -2.46. The van der Waals surface area contributed by atoms with Crippen LogP contribution in [0, 0.1) is 16.2 Å². The van der Waals surface area contributed by atoms with Gasteiger partial charge in [-0.25, -0.2) is 0 Å². The van der Waals surface area contributed by atoms with Crippen LogP contribution >= 0.6 is 0 Å². The SMILES string of the molecule is CC(C)(C)C1=C(C(C)(C)C(C)(C)C)CCCC1. The average molecular weight is 236 g/mol. The Morgan fingerprint density at radius 1 is 0.647 bits per heavy atom. The molecule has 0 N–H and O–H groups in total. The second-order valence-corrected chi connectivity index (χ2v) is 8.29. The van der Waals surface area contributed by atoms with Gasteiger partial charge in [-0.2, -0.15) is 0 Å². The van der Waals surface area contributed by atoms with Crippen molar-refractivity contribution in [3.8, 4) is 0 Å². The van der Waals surface area contributed by atoms with Gasteiger partial charge in [-0.1, -0.05) is 66.5 Å².